The first-order valence-corrected chi connectivity index (χ1v) is 10.1. The summed E-state index contributed by atoms with van der Waals surface area (Å²) < 4.78 is 37.6. The van der Waals surface area contributed by atoms with Crippen molar-refractivity contribution >= 4 is 0 Å². The van der Waals surface area contributed by atoms with E-state index in [1.165, 1.54) is 63.9 Å². The van der Waals surface area contributed by atoms with Gasteiger partial charge in [0, 0.05) is 6.04 Å². The van der Waals surface area contributed by atoms with Gasteiger partial charge in [-0.1, -0.05) is 38.3 Å². The number of rotatable bonds is 10. The summed E-state index contributed by atoms with van der Waals surface area (Å²) >= 11 is 0. The van der Waals surface area contributed by atoms with Crippen LogP contribution in [-0.2, 0) is 12.6 Å². The Bertz CT molecular complexity index is 491. The lowest BCUT2D eigenvalue weighted by molar-refractivity contribution is -0.137. The summed E-state index contributed by atoms with van der Waals surface area (Å²) in [5.74, 6) is 0. The van der Waals surface area contributed by atoms with Crippen LogP contribution in [0.25, 0.3) is 0 Å². The van der Waals surface area contributed by atoms with Crippen LogP contribution in [-0.4, -0.2) is 37.1 Å². The van der Waals surface area contributed by atoms with E-state index in [-0.39, 0.29) is 0 Å². The Labute approximate surface area is 156 Å². The van der Waals surface area contributed by atoms with Crippen molar-refractivity contribution in [2.24, 2.45) is 0 Å². The molecule has 0 spiro atoms. The Morgan fingerprint density at radius 2 is 1.58 bits per heavy atom. The number of nitrogens with one attached hydrogen (secondary N) is 1. The number of alkyl halides is 3. The number of hydrogen-bond acceptors (Lipinski definition) is 2. The van der Waals surface area contributed by atoms with Crippen LogP contribution in [0, 0.1) is 0 Å². The van der Waals surface area contributed by atoms with Gasteiger partial charge in [-0.3, -0.25) is 0 Å². The highest BCUT2D eigenvalue weighted by Gasteiger charge is 2.29. The number of unbranched alkanes of at least 4 members (excludes halogenated alkanes) is 4. The molecule has 2 nitrogen and oxygen atoms in total. The van der Waals surface area contributed by atoms with Crippen LogP contribution in [0.4, 0.5) is 13.2 Å². The van der Waals surface area contributed by atoms with Crippen LogP contribution in [0.1, 0.15) is 63.0 Å². The molecule has 1 aliphatic heterocycles. The number of benzene rings is 1. The van der Waals surface area contributed by atoms with Gasteiger partial charge in [0.2, 0.25) is 0 Å². The fourth-order valence-corrected chi connectivity index (χ4v) is 3.60. The van der Waals surface area contributed by atoms with Crippen molar-refractivity contribution in [2.45, 2.75) is 70.5 Å². The lowest BCUT2D eigenvalue weighted by atomic mass is 10.0. The number of nitrogens with zero attached hydrogens (tertiary/aromatic N) is 1. The Balaban J connectivity index is 1.46. The Morgan fingerprint density at radius 3 is 2.19 bits per heavy atom. The molecule has 0 radical (unpaired) electrons. The third-order valence-electron chi connectivity index (χ3n) is 5.39. The number of piperidine rings is 1. The topological polar surface area (TPSA) is 15.3 Å². The lowest BCUT2D eigenvalue weighted by Crippen LogP contribution is -2.42. The fourth-order valence-electron chi connectivity index (χ4n) is 3.60. The molecule has 0 atom stereocenters. The SMILES string of the molecule is CCN1CCC(NCCCCCCCc2ccc(C(F)(F)F)cc2)CC1. The third-order valence-corrected chi connectivity index (χ3v) is 5.39. The summed E-state index contributed by atoms with van der Waals surface area (Å²) in [7, 11) is 0. The average Bonchev–Trinajstić information content (AvgIpc) is 2.64. The predicted molar refractivity (Wildman–Crippen MR) is 101 cm³/mol. The molecule has 1 aliphatic rings. The van der Waals surface area contributed by atoms with Gasteiger partial charge in [-0.2, -0.15) is 13.2 Å². The summed E-state index contributed by atoms with van der Waals surface area (Å²) in [6.45, 7) is 6.94. The van der Waals surface area contributed by atoms with Crippen LogP contribution < -0.4 is 5.32 Å². The normalized spacial score (nSPS) is 16.9. The maximum Gasteiger partial charge on any atom is 0.416 e. The molecular formula is C21H33F3N2. The minimum atomic E-state index is -4.24. The van der Waals surface area contributed by atoms with Crippen LogP contribution in [0.5, 0.6) is 0 Å². The first-order chi connectivity index (χ1) is 12.5. The molecule has 0 aromatic heterocycles. The molecule has 1 saturated heterocycles. The summed E-state index contributed by atoms with van der Waals surface area (Å²) in [5.41, 5.74) is 0.437. The van der Waals surface area contributed by atoms with Crippen LogP contribution in [0.3, 0.4) is 0 Å². The van der Waals surface area contributed by atoms with E-state index in [0.717, 1.165) is 31.4 Å². The standard InChI is InChI=1S/C21H33F3N2/c1-2-26-16-13-20(14-17-26)25-15-7-5-3-4-6-8-18-9-11-19(12-10-18)21(22,23)24/h9-12,20,25H,2-8,13-17H2,1H3. The number of aryl methyl sites for hydroxylation is 1. The van der Waals surface area contributed by atoms with E-state index in [2.05, 4.69) is 17.1 Å². The molecule has 5 heteroatoms. The molecule has 1 aromatic carbocycles. The van der Waals surface area contributed by atoms with E-state index in [1.54, 1.807) is 12.1 Å². The quantitative estimate of drug-likeness (QED) is 0.564. The smallest absolute Gasteiger partial charge is 0.314 e. The average molecular weight is 371 g/mol. The van der Waals surface area contributed by atoms with E-state index >= 15 is 0 Å². The largest absolute Gasteiger partial charge is 0.416 e. The van der Waals surface area contributed by atoms with Gasteiger partial charge in [0.15, 0.2) is 0 Å². The van der Waals surface area contributed by atoms with Crippen molar-refractivity contribution in [1.29, 1.82) is 0 Å². The molecule has 1 N–H and O–H groups in total. The fraction of sp³-hybridized carbons (Fsp3) is 0.714. The summed E-state index contributed by atoms with van der Waals surface area (Å²) in [4.78, 5) is 2.51. The molecule has 0 saturated carbocycles. The molecular weight excluding hydrogens is 337 g/mol. The Kier molecular flexibility index (Phi) is 8.93. The first kappa shape index (κ1) is 21.2. The molecule has 26 heavy (non-hydrogen) atoms. The zero-order valence-electron chi connectivity index (χ0n) is 16.0. The second kappa shape index (κ2) is 10.9. The van der Waals surface area contributed by atoms with Crippen LogP contribution >= 0.6 is 0 Å². The zero-order valence-corrected chi connectivity index (χ0v) is 16.0. The van der Waals surface area contributed by atoms with Gasteiger partial charge in [-0.05, 0) is 76.0 Å². The second-order valence-electron chi connectivity index (χ2n) is 7.38. The van der Waals surface area contributed by atoms with Gasteiger partial charge in [-0.15, -0.1) is 0 Å². The monoisotopic (exact) mass is 370 g/mol. The van der Waals surface area contributed by atoms with Crippen molar-refractivity contribution < 1.29 is 13.2 Å². The molecule has 0 amide bonds. The van der Waals surface area contributed by atoms with E-state index in [0.29, 0.717) is 6.04 Å². The van der Waals surface area contributed by atoms with E-state index in [1.807, 2.05) is 0 Å². The molecule has 1 heterocycles. The third kappa shape index (κ3) is 7.67. The second-order valence-corrected chi connectivity index (χ2v) is 7.38. The van der Waals surface area contributed by atoms with Crippen molar-refractivity contribution in [1.82, 2.24) is 10.2 Å². The molecule has 0 unspecified atom stereocenters. The van der Waals surface area contributed by atoms with Gasteiger partial charge in [0.25, 0.3) is 0 Å². The first-order valence-electron chi connectivity index (χ1n) is 10.1. The number of hydrogen-bond donors (Lipinski definition) is 1. The lowest BCUT2D eigenvalue weighted by Gasteiger charge is -2.31. The highest BCUT2D eigenvalue weighted by Crippen LogP contribution is 2.29. The maximum absolute atomic E-state index is 12.5. The molecule has 0 aliphatic carbocycles. The minimum Gasteiger partial charge on any atom is -0.314 e. The van der Waals surface area contributed by atoms with E-state index in [4.69, 9.17) is 0 Å². The summed E-state index contributed by atoms with van der Waals surface area (Å²) in [5, 5.41) is 3.68. The van der Waals surface area contributed by atoms with Gasteiger partial charge >= 0.3 is 6.18 Å². The molecule has 2 rings (SSSR count). The predicted octanol–water partition coefficient (Wildman–Crippen LogP) is 5.27. The number of halogens is 3. The van der Waals surface area contributed by atoms with Gasteiger partial charge in [-0.25, -0.2) is 0 Å². The molecule has 1 aromatic rings. The number of likely N-dealkylation sites (tertiary alicyclic amines) is 1. The minimum absolute atomic E-state index is 0.561. The highest BCUT2D eigenvalue weighted by atomic mass is 19.4. The molecule has 148 valence electrons. The van der Waals surface area contributed by atoms with Crippen molar-refractivity contribution in [3.63, 3.8) is 0 Å². The van der Waals surface area contributed by atoms with Crippen LogP contribution in [0.2, 0.25) is 0 Å². The van der Waals surface area contributed by atoms with Gasteiger partial charge in [0.1, 0.15) is 0 Å². The Morgan fingerprint density at radius 1 is 0.962 bits per heavy atom. The zero-order chi connectivity index (χ0) is 18.8. The van der Waals surface area contributed by atoms with Gasteiger partial charge in [0.05, 0.1) is 5.56 Å². The van der Waals surface area contributed by atoms with E-state index < -0.39 is 11.7 Å². The van der Waals surface area contributed by atoms with Crippen LogP contribution in [0.15, 0.2) is 24.3 Å². The van der Waals surface area contributed by atoms with E-state index in [9.17, 15) is 13.2 Å². The summed E-state index contributed by atoms with van der Waals surface area (Å²) in [6.07, 6.45) is 5.01. The molecule has 0 bridgehead atoms. The maximum atomic E-state index is 12.5. The van der Waals surface area contributed by atoms with Crippen molar-refractivity contribution in [2.75, 3.05) is 26.2 Å². The Hall–Kier alpha value is -1.07. The van der Waals surface area contributed by atoms with Crippen molar-refractivity contribution in [3.05, 3.63) is 35.4 Å². The van der Waals surface area contributed by atoms with Gasteiger partial charge < -0.3 is 10.2 Å². The highest BCUT2D eigenvalue weighted by molar-refractivity contribution is 5.24. The van der Waals surface area contributed by atoms with Crippen molar-refractivity contribution in [3.8, 4) is 0 Å². The molecule has 1 fully saturated rings. The summed E-state index contributed by atoms with van der Waals surface area (Å²) in [6, 6.07) is 6.28.